The summed E-state index contributed by atoms with van der Waals surface area (Å²) in [6, 6.07) is 0. The van der Waals surface area contributed by atoms with E-state index in [1.165, 1.54) is 0 Å². The monoisotopic (exact) mass is 262 g/mol. The first-order chi connectivity index (χ1) is 8.44. The average molecular weight is 262 g/mol. The van der Waals surface area contributed by atoms with Crippen molar-refractivity contribution >= 4 is 0 Å². The number of rotatable bonds is 9. The van der Waals surface area contributed by atoms with E-state index in [1.54, 1.807) is 28.4 Å². The Kier molecular flexibility index (Phi) is 8.78. The highest BCUT2D eigenvalue weighted by atomic mass is 16.6. The van der Waals surface area contributed by atoms with Crippen molar-refractivity contribution in [1.29, 1.82) is 0 Å². The van der Waals surface area contributed by atoms with Crippen LogP contribution in [-0.2, 0) is 18.9 Å². The van der Waals surface area contributed by atoms with E-state index in [9.17, 15) is 0 Å². The topological polar surface area (TPSA) is 36.9 Å². The van der Waals surface area contributed by atoms with Crippen molar-refractivity contribution in [2.75, 3.05) is 28.4 Å². The van der Waals surface area contributed by atoms with Gasteiger partial charge in [0.25, 0.3) is 0 Å². The fourth-order valence-electron chi connectivity index (χ4n) is 2.48. The van der Waals surface area contributed by atoms with Gasteiger partial charge in [0.15, 0.2) is 0 Å². The molecule has 0 aliphatic carbocycles. The van der Waals surface area contributed by atoms with Crippen LogP contribution in [0, 0.1) is 11.8 Å². The van der Waals surface area contributed by atoms with Crippen LogP contribution in [-0.4, -0.2) is 52.9 Å². The molecule has 0 N–H and O–H groups in total. The molecule has 0 saturated heterocycles. The molecule has 0 unspecified atom stereocenters. The molecule has 0 heterocycles. The Morgan fingerprint density at radius 2 is 0.667 bits per heavy atom. The molecule has 0 bridgehead atoms. The van der Waals surface area contributed by atoms with E-state index in [-0.39, 0.29) is 24.4 Å². The number of ether oxygens (including phenoxy) is 4. The second-order valence-electron chi connectivity index (χ2n) is 5.29. The van der Waals surface area contributed by atoms with E-state index in [2.05, 4.69) is 27.7 Å². The Bertz CT molecular complexity index is 184. The Morgan fingerprint density at radius 3 is 0.778 bits per heavy atom. The summed E-state index contributed by atoms with van der Waals surface area (Å²) in [6.45, 7) is 8.46. The van der Waals surface area contributed by atoms with Crippen molar-refractivity contribution < 1.29 is 18.9 Å². The van der Waals surface area contributed by atoms with Crippen molar-refractivity contribution in [2.24, 2.45) is 11.8 Å². The largest absolute Gasteiger partial charge is 0.378 e. The zero-order valence-electron chi connectivity index (χ0n) is 13.1. The Morgan fingerprint density at radius 1 is 0.444 bits per heavy atom. The minimum Gasteiger partial charge on any atom is -0.378 e. The first-order valence-electron chi connectivity index (χ1n) is 6.55. The van der Waals surface area contributed by atoms with Crippen LogP contribution in [0.1, 0.15) is 27.7 Å². The summed E-state index contributed by atoms with van der Waals surface area (Å²) >= 11 is 0. The fourth-order valence-corrected chi connectivity index (χ4v) is 2.48. The third-order valence-electron chi connectivity index (χ3n) is 3.37. The summed E-state index contributed by atoms with van der Waals surface area (Å²) in [4.78, 5) is 0. The van der Waals surface area contributed by atoms with Crippen LogP contribution in [0.5, 0.6) is 0 Å². The summed E-state index contributed by atoms with van der Waals surface area (Å²) in [5.41, 5.74) is 0. The molecule has 0 aliphatic rings. The zero-order chi connectivity index (χ0) is 14.3. The summed E-state index contributed by atoms with van der Waals surface area (Å²) in [5.74, 6) is 0.699. The smallest absolute Gasteiger partial charge is 0.112 e. The molecule has 0 spiro atoms. The predicted molar refractivity (Wildman–Crippen MR) is 72.9 cm³/mol. The maximum Gasteiger partial charge on any atom is 0.112 e. The molecule has 0 aromatic heterocycles. The van der Waals surface area contributed by atoms with Gasteiger partial charge in [0.2, 0.25) is 0 Å². The molecule has 0 amide bonds. The molecule has 0 aliphatic heterocycles. The molecule has 0 saturated carbocycles. The number of hydrogen-bond acceptors (Lipinski definition) is 4. The molecular formula is C14H30O4. The lowest BCUT2D eigenvalue weighted by atomic mass is 9.90. The van der Waals surface area contributed by atoms with Gasteiger partial charge in [0.05, 0.1) is 12.2 Å². The normalized spacial score (nSPS) is 19.0. The summed E-state index contributed by atoms with van der Waals surface area (Å²) in [6.07, 6.45) is -0.326. The van der Waals surface area contributed by atoms with E-state index in [1.807, 2.05) is 0 Å². The van der Waals surface area contributed by atoms with E-state index >= 15 is 0 Å². The second kappa shape index (κ2) is 8.86. The van der Waals surface area contributed by atoms with Gasteiger partial charge in [0, 0.05) is 28.4 Å². The molecule has 0 aromatic carbocycles. The maximum atomic E-state index is 5.62. The number of hydrogen-bond donors (Lipinski definition) is 0. The first kappa shape index (κ1) is 17.8. The zero-order valence-corrected chi connectivity index (χ0v) is 13.1. The Balaban J connectivity index is 5.06. The predicted octanol–water partition coefficient (Wildman–Crippen LogP) is 2.36. The SMILES string of the molecule is CO[C@H]([C@H](OC)[C@H](OC)C(C)C)[C@H](OC)C(C)C. The Hall–Kier alpha value is -0.160. The van der Waals surface area contributed by atoms with Crippen LogP contribution in [0.3, 0.4) is 0 Å². The molecule has 0 aromatic rings. The van der Waals surface area contributed by atoms with E-state index in [4.69, 9.17) is 18.9 Å². The van der Waals surface area contributed by atoms with Crippen LogP contribution in [0.4, 0.5) is 0 Å². The first-order valence-corrected chi connectivity index (χ1v) is 6.55. The van der Waals surface area contributed by atoms with Crippen molar-refractivity contribution in [3.05, 3.63) is 0 Å². The van der Waals surface area contributed by atoms with Gasteiger partial charge in [-0.05, 0) is 11.8 Å². The van der Waals surface area contributed by atoms with Crippen LogP contribution >= 0.6 is 0 Å². The third kappa shape index (κ3) is 4.50. The fraction of sp³-hybridized carbons (Fsp3) is 1.00. The quantitative estimate of drug-likeness (QED) is 0.639. The summed E-state index contributed by atoms with van der Waals surface area (Å²) in [7, 11) is 6.80. The lowest BCUT2D eigenvalue weighted by Crippen LogP contribution is -2.51. The summed E-state index contributed by atoms with van der Waals surface area (Å²) in [5, 5.41) is 0. The highest BCUT2D eigenvalue weighted by molar-refractivity contribution is 4.87. The second-order valence-corrected chi connectivity index (χ2v) is 5.29. The van der Waals surface area contributed by atoms with Gasteiger partial charge in [-0.3, -0.25) is 0 Å². The van der Waals surface area contributed by atoms with E-state index in [0.717, 1.165) is 0 Å². The van der Waals surface area contributed by atoms with Gasteiger partial charge < -0.3 is 18.9 Å². The van der Waals surface area contributed by atoms with Gasteiger partial charge in [0.1, 0.15) is 12.2 Å². The molecule has 0 rings (SSSR count). The maximum absolute atomic E-state index is 5.62. The van der Waals surface area contributed by atoms with E-state index in [0.29, 0.717) is 11.8 Å². The van der Waals surface area contributed by atoms with Gasteiger partial charge in [-0.25, -0.2) is 0 Å². The van der Waals surface area contributed by atoms with Gasteiger partial charge in [-0.15, -0.1) is 0 Å². The highest BCUT2D eigenvalue weighted by Crippen LogP contribution is 2.24. The minimum atomic E-state index is -0.146. The van der Waals surface area contributed by atoms with Crippen LogP contribution in [0.2, 0.25) is 0 Å². The van der Waals surface area contributed by atoms with Crippen molar-refractivity contribution in [1.82, 2.24) is 0 Å². The third-order valence-corrected chi connectivity index (χ3v) is 3.37. The lowest BCUT2D eigenvalue weighted by molar-refractivity contribution is -0.165. The minimum absolute atomic E-state index is 0.0173. The molecule has 0 fully saturated rings. The van der Waals surface area contributed by atoms with Crippen molar-refractivity contribution in [3.63, 3.8) is 0 Å². The van der Waals surface area contributed by atoms with Gasteiger partial charge in [-0.1, -0.05) is 27.7 Å². The highest BCUT2D eigenvalue weighted by Gasteiger charge is 2.38. The van der Waals surface area contributed by atoms with Crippen LogP contribution < -0.4 is 0 Å². The molecule has 18 heavy (non-hydrogen) atoms. The van der Waals surface area contributed by atoms with Gasteiger partial charge in [-0.2, -0.15) is 0 Å². The number of methoxy groups -OCH3 is 4. The standard InChI is InChI=1S/C14H30O4/c1-9(2)11(15-5)13(17-7)14(18-8)12(16-6)10(3)4/h9-14H,1-8H3/t11-,12-,13-,14+/m1/s1. The molecule has 4 heteroatoms. The van der Waals surface area contributed by atoms with Crippen molar-refractivity contribution in [2.45, 2.75) is 52.1 Å². The van der Waals surface area contributed by atoms with Crippen molar-refractivity contribution in [3.8, 4) is 0 Å². The lowest BCUT2D eigenvalue weighted by Gasteiger charge is -2.38. The summed E-state index contributed by atoms with van der Waals surface area (Å²) < 4.78 is 22.4. The molecular weight excluding hydrogens is 232 g/mol. The molecule has 0 radical (unpaired) electrons. The molecule has 4 atom stereocenters. The molecule has 110 valence electrons. The Labute approximate surface area is 112 Å². The van der Waals surface area contributed by atoms with E-state index < -0.39 is 0 Å². The van der Waals surface area contributed by atoms with Crippen LogP contribution in [0.25, 0.3) is 0 Å². The van der Waals surface area contributed by atoms with Gasteiger partial charge >= 0.3 is 0 Å². The molecule has 4 nitrogen and oxygen atoms in total. The average Bonchev–Trinajstić information content (AvgIpc) is 2.32. The van der Waals surface area contributed by atoms with Crippen LogP contribution in [0.15, 0.2) is 0 Å².